The van der Waals surface area contributed by atoms with Crippen LogP contribution < -0.4 is 0 Å². The molecule has 0 aliphatic heterocycles. The van der Waals surface area contributed by atoms with E-state index in [1.807, 2.05) is 0 Å². The van der Waals surface area contributed by atoms with Crippen LogP contribution in [0.25, 0.3) is 0 Å². The van der Waals surface area contributed by atoms with Gasteiger partial charge in [0.15, 0.2) is 0 Å². The van der Waals surface area contributed by atoms with Crippen molar-refractivity contribution in [2.75, 3.05) is 13.2 Å². The topological polar surface area (TPSA) is 52.6 Å². The van der Waals surface area contributed by atoms with Crippen molar-refractivity contribution in [1.82, 2.24) is 0 Å². The first-order valence-corrected chi connectivity index (χ1v) is 15.7. The van der Waals surface area contributed by atoms with Crippen molar-refractivity contribution < 1.29 is 19.1 Å². The molecule has 0 fully saturated rings. The number of hydrogen-bond acceptors (Lipinski definition) is 4. The molecule has 0 N–H and O–H groups in total. The van der Waals surface area contributed by atoms with Crippen LogP contribution in [0.1, 0.15) is 157 Å². The van der Waals surface area contributed by atoms with Gasteiger partial charge in [0.25, 0.3) is 0 Å². The van der Waals surface area contributed by atoms with E-state index < -0.39 is 0 Å². The molecule has 0 aliphatic carbocycles. The molecule has 0 saturated carbocycles. The van der Waals surface area contributed by atoms with Gasteiger partial charge in [-0.3, -0.25) is 9.59 Å². The second-order valence-corrected chi connectivity index (χ2v) is 11.4. The van der Waals surface area contributed by atoms with E-state index in [2.05, 4.69) is 41.5 Å². The third kappa shape index (κ3) is 19.1. The van der Waals surface area contributed by atoms with Gasteiger partial charge in [-0.05, 0) is 43.4 Å². The summed E-state index contributed by atoms with van der Waals surface area (Å²) in [5.41, 5.74) is 0. The van der Waals surface area contributed by atoms with Gasteiger partial charge in [-0.25, -0.2) is 0 Å². The summed E-state index contributed by atoms with van der Waals surface area (Å²) in [5, 5.41) is 0. The zero-order chi connectivity index (χ0) is 27.0. The van der Waals surface area contributed by atoms with Gasteiger partial charge in [0.05, 0.1) is 19.1 Å². The molecule has 4 nitrogen and oxygen atoms in total. The van der Waals surface area contributed by atoms with Crippen molar-refractivity contribution in [2.45, 2.75) is 157 Å². The molecule has 0 spiro atoms. The number of carbonyl (C=O) groups is 2. The zero-order valence-corrected chi connectivity index (χ0v) is 25.1. The summed E-state index contributed by atoms with van der Waals surface area (Å²) in [4.78, 5) is 24.6. The van der Waals surface area contributed by atoms with Crippen molar-refractivity contribution in [2.24, 2.45) is 23.7 Å². The van der Waals surface area contributed by atoms with E-state index in [9.17, 15) is 9.59 Å². The molecule has 36 heavy (non-hydrogen) atoms. The highest BCUT2D eigenvalue weighted by Gasteiger charge is 2.24. The summed E-state index contributed by atoms with van der Waals surface area (Å²) >= 11 is 0. The second kappa shape index (κ2) is 24.3. The molecule has 0 rings (SSSR count). The molecule has 0 aromatic carbocycles. The number of rotatable bonds is 25. The lowest BCUT2D eigenvalue weighted by molar-refractivity contribution is -0.152. The molecule has 0 amide bonds. The molecule has 214 valence electrons. The van der Waals surface area contributed by atoms with Crippen LogP contribution in [-0.2, 0) is 19.1 Å². The van der Waals surface area contributed by atoms with E-state index in [1.165, 1.54) is 64.2 Å². The van der Waals surface area contributed by atoms with Crippen molar-refractivity contribution in [3.05, 3.63) is 0 Å². The fraction of sp³-hybridized carbons (Fsp3) is 0.938. The predicted molar refractivity (Wildman–Crippen MR) is 153 cm³/mol. The predicted octanol–water partition coefficient (Wildman–Crippen LogP) is 9.68. The second-order valence-electron chi connectivity index (χ2n) is 11.4. The Morgan fingerprint density at radius 3 is 1.53 bits per heavy atom. The third-order valence-electron chi connectivity index (χ3n) is 7.78. The Morgan fingerprint density at radius 1 is 0.583 bits per heavy atom. The Labute approximate surface area is 225 Å². The minimum absolute atomic E-state index is 0.0182. The molecule has 0 aromatic rings. The van der Waals surface area contributed by atoms with E-state index in [0.717, 1.165) is 44.9 Å². The average Bonchev–Trinajstić information content (AvgIpc) is 2.87. The summed E-state index contributed by atoms with van der Waals surface area (Å²) in [7, 11) is 0. The summed E-state index contributed by atoms with van der Waals surface area (Å²) in [6.45, 7) is 14.3. The fourth-order valence-corrected chi connectivity index (χ4v) is 4.80. The Balaban J connectivity index is 3.83. The molecule has 4 heteroatoms. The molecular formula is C32H62O4. The van der Waals surface area contributed by atoms with Crippen LogP contribution in [0.5, 0.6) is 0 Å². The molecule has 0 bridgehead atoms. The lowest BCUT2D eigenvalue weighted by Gasteiger charge is -2.21. The molecule has 0 radical (unpaired) electrons. The SMILES string of the molecule is CCCCC(CC)COC(=O)CCCCCCCCCCC(C(=O)OCC(CC)CCCC)C(C)C. The molecule has 0 heterocycles. The number of esters is 2. The minimum Gasteiger partial charge on any atom is -0.465 e. The van der Waals surface area contributed by atoms with E-state index >= 15 is 0 Å². The highest BCUT2D eigenvalue weighted by molar-refractivity contribution is 5.72. The van der Waals surface area contributed by atoms with Crippen LogP contribution in [0.3, 0.4) is 0 Å². The first-order chi connectivity index (χ1) is 17.4. The summed E-state index contributed by atoms with van der Waals surface area (Å²) < 4.78 is 11.2. The largest absolute Gasteiger partial charge is 0.465 e. The van der Waals surface area contributed by atoms with E-state index in [0.29, 0.717) is 37.4 Å². The maximum Gasteiger partial charge on any atom is 0.309 e. The first-order valence-electron chi connectivity index (χ1n) is 15.7. The monoisotopic (exact) mass is 510 g/mol. The van der Waals surface area contributed by atoms with Crippen LogP contribution in [-0.4, -0.2) is 25.2 Å². The first kappa shape index (κ1) is 34.9. The maximum absolute atomic E-state index is 12.7. The highest BCUT2D eigenvalue weighted by Crippen LogP contribution is 2.23. The summed E-state index contributed by atoms with van der Waals surface area (Å²) in [6.07, 6.45) is 20.1. The van der Waals surface area contributed by atoms with Crippen molar-refractivity contribution in [3.63, 3.8) is 0 Å². The van der Waals surface area contributed by atoms with Gasteiger partial charge in [-0.15, -0.1) is 0 Å². The van der Waals surface area contributed by atoms with Crippen LogP contribution >= 0.6 is 0 Å². The summed E-state index contributed by atoms with van der Waals surface area (Å²) in [6, 6.07) is 0. The van der Waals surface area contributed by atoms with Crippen molar-refractivity contribution >= 4 is 11.9 Å². The van der Waals surface area contributed by atoms with E-state index in [-0.39, 0.29) is 17.9 Å². The van der Waals surface area contributed by atoms with Crippen LogP contribution in [0.2, 0.25) is 0 Å². The number of unbranched alkanes of at least 4 members (excludes halogenated alkanes) is 9. The minimum atomic E-state index is -0.0191. The van der Waals surface area contributed by atoms with Gasteiger partial charge in [0.1, 0.15) is 0 Å². The smallest absolute Gasteiger partial charge is 0.309 e. The van der Waals surface area contributed by atoms with Gasteiger partial charge < -0.3 is 9.47 Å². The zero-order valence-electron chi connectivity index (χ0n) is 25.1. The summed E-state index contributed by atoms with van der Waals surface area (Å²) in [5.74, 6) is 1.41. The van der Waals surface area contributed by atoms with Crippen molar-refractivity contribution in [1.29, 1.82) is 0 Å². The quantitative estimate of drug-likeness (QED) is 0.0906. The molecule has 0 aliphatic rings. The highest BCUT2D eigenvalue weighted by atomic mass is 16.5. The van der Waals surface area contributed by atoms with Crippen LogP contribution in [0, 0.1) is 23.7 Å². The van der Waals surface area contributed by atoms with Gasteiger partial charge in [0.2, 0.25) is 0 Å². The number of carbonyl (C=O) groups excluding carboxylic acids is 2. The molecule has 3 unspecified atom stereocenters. The van der Waals surface area contributed by atoms with Gasteiger partial charge >= 0.3 is 11.9 Å². The standard InChI is InChI=1S/C32H62O4/c1-7-11-21-28(9-3)25-35-31(33)24-20-18-16-14-13-15-17-19-23-30(27(5)6)32(34)36-26-29(10-4)22-12-8-2/h27-30H,7-26H2,1-6H3. The Bertz CT molecular complexity index is 516. The Morgan fingerprint density at radius 2 is 1.06 bits per heavy atom. The van der Waals surface area contributed by atoms with Gasteiger partial charge in [-0.1, -0.05) is 125 Å². The normalized spacial score (nSPS) is 14.0. The molecule has 0 saturated heterocycles. The van der Waals surface area contributed by atoms with Gasteiger partial charge in [-0.2, -0.15) is 0 Å². The van der Waals surface area contributed by atoms with E-state index in [1.54, 1.807) is 0 Å². The number of ether oxygens (including phenoxy) is 2. The Hall–Kier alpha value is -1.06. The molecule has 0 aromatic heterocycles. The van der Waals surface area contributed by atoms with Crippen LogP contribution in [0.15, 0.2) is 0 Å². The Kier molecular flexibility index (Phi) is 23.6. The average molecular weight is 511 g/mol. The fourth-order valence-electron chi connectivity index (χ4n) is 4.80. The lowest BCUT2D eigenvalue weighted by atomic mass is 9.90. The van der Waals surface area contributed by atoms with E-state index in [4.69, 9.17) is 9.47 Å². The maximum atomic E-state index is 12.7. The van der Waals surface area contributed by atoms with Crippen LogP contribution in [0.4, 0.5) is 0 Å². The van der Waals surface area contributed by atoms with Crippen molar-refractivity contribution in [3.8, 4) is 0 Å². The number of hydrogen-bond donors (Lipinski definition) is 0. The lowest BCUT2D eigenvalue weighted by Crippen LogP contribution is -2.25. The molecular weight excluding hydrogens is 448 g/mol. The van der Waals surface area contributed by atoms with Gasteiger partial charge in [0, 0.05) is 6.42 Å². The third-order valence-corrected chi connectivity index (χ3v) is 7.78. The molecule has 3 atom stereocenters.